The third-order valence-corrected chi connectivity index (χ3v) is 8.89. The van der Waals surface area contributed by atoms with Gasteiger partial charge in [0.2, 0.25) is 0 Å². The molecule has 0 spiro atoms. The maximum Gasteiger partial charge on any atom is 0.136 e. The van der Waals surface area contributed by atoms with Crippen LogP contribution in [0.25, 0.3) is 82.5 Å². The van der Waals surface area contributed by atoms with Crippen LogP contribution in [-0.4, -0.2) is 4.57 Å². The minimum absolute atomic E-state index is 0.851. The van der Waals surface area contributed by atoms with Crippen molar-refractivity contribution in [3.63, 3.8) is 0 Å². The monoisotopic (exact) mass is 577 g/mol. The Labute approximate surface area is 237 Å². The Morgan fingerprint density at radius 1 is 0.475 bits per heavy atom. The largest absolute Gasteiger partial charge is 0.456 e. The number of nitrogens with zero attached hydrogens (tertiary/aromatic N) is 1. The molecule has 0 saturated heterocycles. The molecule has 3 aromatic heterocycles. The molecule has 0 fully saturated rings. The first-order valence-electron chi connectivity index (χ1n) is 13.3. The summed E-state index contributed by atoms with van der Waals surface area (Å²) in [5.74, 6) is 0. The zero-order valence-corrected chi connectivity index (χ0v) is 22.8. The van der Waals surface area contributed by atoms with Gasteiger partial charge in [-0.1, -0.05) is 72.8 Å². The molecule has 6 aromatic carbocycles. The van der Waals surface area contributed by atoms with Crippen LogP contribution in [0.4, 0.5) is 0 Å². The number of hydrogen-bond donors (Lipinski definition) is 0. The molecule has 0 aliphatic rings. The average Bonchev–Trinajstić information content (AvgIpc) is 3.67. The van der Waals surface area contributed by atoms with Gasteiger partial charge in [-0.15, -0.1) is 0 Å². The Kier molecular flexibility index (Phi) is 4.47. The zero-order chi connectivity index (χ0) is 26.4. The lowest BCUT2D eigenvalue weighted by Gasteiger charge is -2.11. The SMILES string of the molecule is Brc1c(-n2c3ccccc3c3ccccc32)ccc2oc3cccc(-c4ccc5c(c4)oc4ccccc45)c3c12. The average molecular weight is 578 g/mol. The summed E-state index contributed by atoms with van der Waals surface area (Å²) in [6.07, 6.45) is 0. The lowest BCUT2D eigenvalue weighted by molar-refractivity contribution is 0.668. The Morgan fingerprint density at radius 2 is 1.10 bits per heavy atom. The topological polar surface area (TPSA) is 31.2 Å². The molecule has 3 nitrogen and oxygen atoms in total. The number of benzene rings is 6. The van der Waals surface area contributed by atoms with Crippen LogP contribution in [-0.2, 0) is 0 Å². The maximum atomic E-state index is 6.42. The molecular formula is C36H20BrNO2. The van der Waals surface area contributed by atoms with E-state index in [0.29, 0.717) is 0 Å². The molecule has 0 aliphatic carbocycles. The molecule has 0 amide bonds. The van der Waals surface area contributed by atoms with Gasteiger partial charge in [-0.05, 0) is 75.6 Å². The van der Waals surface area contributed by atoms with Gasteiger partial charge < -0.3 is 13.4 Å². The fraction of sp³-hybridized carbons (Fsp3) is 0. The molecule has 0 unspecified atom stereocenters. The lowest BCUT2D eigenvalue weighted by atomic mass is 9.98. The predicted molar refractivity (Wildman–Crippen MR) is 168 cm³/mol. The predicted octanol–water partition coefficient (Wildman–Crippen LogP) is 11.0. The van der Waals surface area contributed by atoms with E-state index >= 15 is 0 Å². The van der Waals surface area contributed by atoms with Gasteiger partial charge in [-0.3, -0.25) is 0 Å². The van der Waals surface area contributed by atoms with Gasteiger partial charge in [0.15, 0.2) is 0 Å². The van der Waals surface area contributed by atoms with Crippen LogP contribution >= 0.6 is 15.9 Å². The molecule has 4 heteroatoms. The van der Waals surface area contributed by atoms with Crippen molar-refractivity contribution in [3.05, 3.63) is 126 Å². The van der Waals surface area contributed by atoms with Crippen molar-refractivity contribution in [1.82, 2.24) is 4.57 Å². The molecule has 3 heterocycles. The smallest absolute Gasteiger partial charge is 0.136 e. The third kappa shape index (κ3) is 2.94. The molecule has 0 bridgehead atoms. The van der Waals surface area contributed by atoms with Crippen LogP contribution in [0.2, 0.25) is 0 Å². The fourth-order valence-electron chi connectivity index (χ4n) is 6.35. The van der Waals surface area contributed by atoms with Crippen molar-refractivity contribution in [2.75, 3.05) is 0 Å². The van der Waals surface area contributed by atoms with Crippen LogP contribution in [0.1, 0.15) is 0 Å². The molecule has 9 aromatic rings. The first-order chi connectivity index (χ1) is 19.8. The molecule has 0 saturated carbocycles. The van der Waals surface area contributed by atoms with Crippen molar-refractivity contribution in [3.8, 4) is 16.8 Å². The van der Waals surface area contributed by atoms with Gasteiger partial charge >= 0.3 is 0 Å². The summed E-state index contributed by atoms with van der Waals surface area (Å²) in [6, 6.07) is 42.4. The highest BCUT2D eigenvalue weighted by molar-refractivity contribution is 9.10. The molecule has 0 N–H and O–H groups in total. The van der Waals surface area contributed by atoms with E-state index < -0.39 is 0 Å². The number of hydrogen-bond acceptors (Lipinski definition) is 2. The summed E-state index contributed by atoms with van der Waals surface area (Å²) >= 11 is 4.05. The minimum atomic E-state index is 0.851. The number of rotatable bonds is 2. The molecule has 0 aliphatic heterocycles. The van der Waals surface area contributed by atoms with Crippen molar-refractivity contribution in [1.29, 1.82) is 0 Å². The second-order valence-electron chi connectivity index (χ2n) is 10.2. The van der Waals surface area contributed by atoms with Crippen LogP contribution in [0.3, 0.4) is 0 Å². The Morgan fingerprint density at radius 3 is 1.90 bits per heavy atom. The molecule has 40 heavy (non-hydrogen) atoms. The number of para-hydroxylation sites is 3. The van der Waals surface area contributed by atoms with Crippen molar-refractivity contribution in [2.45, 2.75) is 0 Å². The van der Waals surface area contributed by atoms with E-state index in [4.69, 9.17) is 8.83 Å². The summed E-state index contributed by atoms with van der Waals surface area (Å²) in [5, 5.41) is 6.88. The van der Waals surface area contributed by atoms with Gasteiger partial charge in [0, 0.05) is 32.3 Å². The maximum absolute atomic E-state index is 6.42. The minimum Gasteiger partial charge on any atom is -0.456 e. The van der Waals surface area contributed by atoms with Gasteiger partial charge in [-0.2, -0.15) is 0 Å². The summed E-state index contributed by atoms with van der Waals surface area (Å²) in [7, 11) is 0. The number of furan rings is 2. The van der Waals surface area contributed by atoms with E-state index in [1.807, 2.05) is 18.2 Å². The zero-order valence-electron chi connectivity index (χ0n) is 21.2. The molecule has 0 radical (unpaired) electrons. The van der Waals surface area contributed by atoms with Gasteiger partial charge in [0.05, 0.1) is 21.2 Å². The van der Waals surface area contributed by atoms with Crippen molar-refractivity contribution < 1.29 is 8.83 Å². The quantitative estimate of drug-likeness (QED) is 0.204. The van der Waals surface area contributed by atoms with Crippen LogP contribution < -0.4 is 0 Å². The second kappa shape index (κ2) is 8.10. The summed E-state index contributed by atoms with van der Waals surface area (Å²) in [5.41, 5.74) is 9.12. The highest BCUT2D eigenvalue weighted by Crippen LogP contribution is 2.44. The Balaban J connectivity index is 1.34. The Hall–Kier alpha value is -4.80. The highest BCUT2D eigenvalue weighted by atomic mass is 79.9. The summed E-state index contributed by atoms with van der Waals surface area (Å²) in [6.45, 7) is 0. The first-order valence-corrected chi connectivity index (χ1v) is 14.1. The van der Waals surface area contributed by atoms with Crippen molar-refractivity contribution >= 4 is 81.6 Å². The second-order valence-corrected chi connectivity index (χ2v) is 11.0. The fourth-order valence-corrected chi connectivity index (χ4v) is 7.05. The highest BCUT2D eigenvalue weighted by Gasteiger charge is 2.20. The molecular weight excluding hydrogens is 558 g/mol. The van der Waals surface area contributed by atoms with E-state index in [-0.39, 0.29) is 0 Å². The van der Waals surface area contributed by atoms with E-state index in [1.54, 1.807) is 0 Å². The number of aromatic nitrogens is 1. The first kappa shape index (κ1) is 22.1. The third-order valence-electron chi connectivity index (χ3n) is 8.09. The van der Waals surface area contributed by atoms with E-state index in [2.05, 4.69) is 124 Å². The van der Waals surface area contributed by atoms with Gasteiger partial charge in [0.25, 0.3) is 0 Å². The van der Waals surface area contributed by atoms with E-state index in [9.17, 15) is 0 Å². The van der Waals surface area contributed by atoms with Crippen LogP contribution in [0, 0.1) is 0 Å². The Bertz CT molecular complexity index is 2400. The summed E-state index contributed by atoms with van der Waals surface area (Å²) in [4.78, 5) is 0. The van der Waals surface area contributed by atoms with Crippen LogP contribution in [0.5, 0.6) is 0 Å². The van der Waals surface area contributed by atoms with Gasteiger partial charge in [-0.25, -0.2) is 0 Å². The van der Waals surface area contributed by atoms with Crippen molar-refractivity contribution in [2.24, 2.45) is 0 Å². The normalized spacial score (nSPS) is 12.1. The molecule has 188 valence electrons. The van der Waals surface area contributed by atoms with Crippen LogP contribution in [0.15, 0.2) is 135 Å². The van der Waals surface area contributed by atoms with E-state index in [0.717, 1.165) is 65.2 Å². The lowest BCUT2D eigenvalue weighted by Crippen LogP contribution is -1.95. The standard InChI is InChI=1S/C36H20BrNO2/c37-36-29(38-27-12-4-1-8-23(27)24-9-2-5-13-28(24)38)18-19-32-35(36)34-22(11-7-15-31(34)40-32)21-16-17-26-25-10-3-6-14-30(25)39-33(26)20-21/h1-20H. The van der Waals surface area contributed by atoms with E-state index in [1.165, 1.54) is 21.8 Å². The number of halogens is 1. The molecule has 0 atom stereocenters. The molecule has 9 rings (SSSR count). The summed E-state index contributed by atoms with van der Waals surface area (Å²) < 4.78 is 16.0. The number of fused-ring (bicyclic) bond motifs is 9. The van der Waals surface area contributed by atoms with Gasteiger partial charge in [0.1, 0.15) is 22.3 Å².